The number of fused-ring (bicyclic) bond motifs is 1. The van der Waals surface area contributed by atoms with E-state index in [0.717, 1.165) is 5.57 Å². The average Bonchev–Trinajstić information content (AvgIpc) is 3.22. The number of likely N-dealkylation sites (N-methyl/N-ethyl adjacent to an activating group) is 1. The predicted molar refractivity (Wildman–Crippen MR) is 101 cm³/mol. The molecule has 0 aliphatic heterocycles. The molecule has 3 aromatic rings. The molecule has 1 atom stereocenters. The van der Waals surface area contributed by atoms with Crippen molar-refractivity contribution in [1.82, 2.24) is 24.5 Å². The Kier molecular flexibility index (Phi) is 4.76. The van der Waals surface area contributed by atoms with Crippen LogP contribution >= 0.6 is 23.2 Å². The number of benzene rings is 1. The summed E-state index contributed by atoms with van der Waals surface area (Å²) in [6.45, 7) is 0. The molecule has 0 bridgehead atoms. The highest BCUT2D eigenvalue weighted by Crippen LogP contribution is 2.37. The van der Waals surface area contributed by atoms with Gasteiger partial charge in [-0.1, -0.05) is 23.2 Å². The normalized spacial score (nSPS) is 17.5. The fraction of sp³-hybridized carbons (Fsp3) is 0.222. The van der Waals surface area contributed by atoms with Crippen LogP contribution in [0.5, 0.6) is 0 Å². The summed E-state index contributed by atoms with van der Waals surface area (Å²) in [5.41, 5.74) is 1.35. The largest absolute Gasteiger partial charge is 0.335 e. The van der Waals surface area contributed by atoms with Gasteiger partial charge in [-0.25, -0.2) is 13.8 Å². The number of hydrogen-bond donors (Lipinski definition) is 0. The number of aromatic nitrogens is 4. The van der Waals surface area contributed by atoms with Gasteiger partial charge in [0.25, 0.3) is 18.1 Å². The third-order valence-electron chi connectivity index (χ3n) is 4.45. The van der Waals surface area contributed by atoms with Crippen molar-refractivity contribution in [2.24, 2.45) is 0 Å². The molecule has 144 valence electrons. The van der Waals surface area contributed by atoms with Gasteiger partial charge >= 0.3 is 0 Å². The molecule has 0 spiro atoms. The van der Waals surface area contributed by atoms with Gasteiger partial charge in [-0.2, -0.15) is 14.6 Å². The van der Waals surface area contributed by atoms with Crippen molar-refractivity contribution < 1.29 is 13.6 Å². The van der Waals surface area contributed by atoms with Crippen LogP contribution in [0.25, 0.3) is 11.9 Å². The van der Waals surface area contributed by atoms with E-state index in [4.69, 9.17) is 23.2 Å². The minimum absolute atomic E-state index is 0.0971. The molecule has 28 heavy (non-hydrogen) atoms. The van der Waals surface area contributed by atoms with E-state index in [2.05, 4.69) is 15.1 Å². The lowest BCUT2D eigenvalue weighted by atomic mass is 10.2. The Hall–Kier alpha value is -2.58. The minimum Gasteiger partial charge on any atom is -0.335 e. The maximum absolute atomic E-state index is 13.1. The van der Waals surface area contributed by atoms with E-state index >= 15 is 0 Å². The summed E-state index contributed by atoms with van der Waals surface area (Å²) in [4.78, 5) is 21.9. The first kappa shape index (κ1) is 18.8. The van der Waals surface area contributed by atoms with Gasteiger partial charge in [0.1, 0.15) is 12.0 Å². The molecule has 1 aliphatic carbocycles. The Morgan fingerprint density at radius 3 is 2.68 bits per heavy atom. The molecular weight excluding hydrogens is 411 g/mol. The Bertz CT molecular complexity index is 1090. The summed E-state index contributed by atoms with van der Waals surface area (Å²) in [5, 5.41) is 4.77. The number of nitrogens with zero attached hydrogens (tertiary/aromatic N) is 5. The monoisotopic (exact) mass is 423 g/mol. The number of hydrogen-bond acceptors (Lipinski definition) is 4. The first-order valence-corrected chi connectivity index (χ1v) is 9.01. The van der Waals surface area contributed by atoms with E-state index in [-0.39, 0.29) is 23.4 Å². The van der Waals surface area contributed by atoms with Crippen LogP contribution in [0.15, 0.2) is 36.2 Å². The van der Waals surface area contributed by atoms with E-state index in [9.17, 15) is 13.6 Å². The van der Waals surface area contributed by atoms with Gasteiger partial charge in [0.2, 0.25) is 0 Å². The highest BCUT2D eigenvalue weighted by Gasteiger charge is 2.36. The van der Waals surface area contributed by atoms with Gasteiger partial charge in [-0.3, -0.25) is 4.79 Å². The molecule has 1 aromatic carbocycles. The topological polar surface area (TPSA) is 63.4 Å². The lowest BCUT2D eigenvalue weighted by Crippen LogP contribution is -2.29. The van der Waals surface area contributed by atoms with Gasteiger partial charge in [-0.05, 0) is 42.3 Å². The molecule has 0 unspecified atom stereocenters. The standard InChI is InChI=1S/C18H13Cl2F2N5O/c1-26(17(28)10-2-11(19)6-12(20)3-10)15-5-9(15)4-13-7-14(16(21)22)25-18-23-8-24-27(13)18/h2-4,6-8,15-16H,5H2,1H3/b9-4-/t15-/m0/s1. The maximum Gasteiger partial charge on any atom is 0.280 e. The molecule has 1 amide bonds. The fourth-order valence-corrected chi connectivity index (χ4v) is 3.51. The Morgan fingerprint density at radius 1 is 1.29 bits per heavy atom. The number of carbonyl (C=O) groups is 1. The zero-order valence-corrected chi connectivity index (χ0v) is 16.0. The van der Waals surface area contributed by atoms with E-state index in [1.807, 2.05) is 0 Å². The van der Waals surface area contributed by atoms with Crippen molar-refractivity contribution in [1.29, 1.82) is 0 Å². The fourth-order valence-electron chi connectivity index (χ4n) is 2.99. The Balaban J connectivity index is 1.60. The third kappa shape index (κ3) is 3.57. The molecule has 6 nitrogen and oxygen atoms in total. The Labute approximate surface area is 168 Å². The molecular formula is C18H13Cl2F2N5O. The molecule has 1 saturated carbocycles. The van der Waals surface area contributed by atoms with Crippen LogP contribution in [0.3, 0.4) is 0 Å². The van der Waals surface area contributed by atoms with E-state index in [1.54, 1.807) is 36.2 Å². The van der Waals surface area contributed by atoms with Crippen molar-refractivity contribution in [2.75, 3.05) is 7.05 Å². The summed E-state index contributed by atoms with van der Waals surface area (Å²) >= 11 is 11.9. The molecule has 1 fully saturated rings. The molecule has 2 heterocycles. The summed E-state index contributed by atoms with van der Waals surface area (Å²) in [6.07, 6.45) is 0.890. The number of amides is 1. The first-order chi connectivity index (χ1) is 13.3. The van der Waals surface area contributed by atoms with E-state index in [1.165, 1.54) is 16.9 Å². The van der Waals surface area contributed by atoms with Gasteiger partial charge in [0.05, 0.1) is 11.7 Å². The van der Waals surface area contributed by atoms with E-state index in [0.29, 0.717) is 27.7 Å². The summed E-state index contributed by atoms with van der Waals surface area (Å²) in [5.74, 6) is -0.133. The van der Waals surface area contributed by atoms with Crippen LogP contribution in [0.4, 0.5) is 8.78 Å². The van der Waals surface area contributed by atoms with Crippen LogP contribution in [0.1, 0.15) is 34.6 Å². The van der Waals surface area contributed by atoms with Gasteiger partial charge in [0.15, 0.2) is 0 Å². The van der Waals surface area contributed by atoms with Gasteiger partial charge in [-0.15, -0.1) is 0 Å². The van der Waals surface area contributed by atoms with Crippen molar-refractivity contribution in [2.45, 2.75) is 18.9 Å². The number of alkyl halides is 2. The molecule has 0 N–H and O–H groups in total. The summed E-state index contributed by atoms with van der Waals surface area (Å²) in [6, 6.07) is 5.78. The number of carbonyl (C=O) groups excluding carboxylic acids is 1. The van der Waals surface area contributed by atoms with E-state index < -0.39 is 6.43 Å². The number of halogens is 4. The van der Waals surface area contributed by atoms with Crippen molar-refractivity contribution in [3.63, 3.8) is 0 Å². The smallest absolute Gasteiger partial charge is 0.280 e. The van der Waals surface area contributed by atoms with Gasteiger partial charge < -0.3 is 4.90 Å². The summed E-state index contributed by atoms with van der Waals surface area (Å²) in [7, 11) is 1.67. The number of rotatable bonds is 4. The zero-order chi connectivity index (χ0) is 20.0. The van der Waals surface area contributed by atoms with Crippen molar-refractivity contribution in [3.05, 3.63) is 63.2 Å². The third-order valence-corrected chi connectivity index (χ3v) is 4.89. The lowest BCUT2D eigenvalue weighted by Gasteiger charge is -2.16. The van der Waals surface area contributed by atoms with Crippen LogP contribution in [0.2, 0.25) is 10.0 Å². The highest BCUT2D eigenvalue weighted by molar-refractivity contribution is 6.35. The second-order valence-electron chi connectivity index (χ2n) is 6.39. The highest BCUT2D eigenvalue weighted by atomic mass is 35.5. The van der Waals surface area contributed by atoms with Crippen LogP contribution in [0, 0.1) is 0 Å². The predicted octanol–water partition coefficient (Wildman–Crippen LogP) is 4.30. The second kappa shape index (κ2) is 7.10. The zero-order valence-electron chi connectivity index (χ0n) is 14.5. The van der Waals surface area contributed by atoms with Crippen LogP contribution in [-0.2, 0) is 0 Å². The van der Waals surface area contributed by atoms with Crippen LogP contribution < -0.4 is 0 Å². The SMILES string of the molecule is CN(C(=O)c1cc(Cl)cc(Cl)c1)[C@H]1C/C1=C/c1cc(C(F)F)nc2ncnn12. The molecule has 10 heteroatoms. The quantitative estimate of drug-likeness (QED) is 0.627. The minimum atomic E-state index is -2.72. The average molecular weight is 424 g/mol. The van der Waals surface area contributed by atoms with Crippen molar-refractivity contribution in [3.8, 4) is 0 Å². The molecule has 4 rings (SSSR count). The van der Waals surface area contributed by atoms with Gasteiger partial charge in [0, 0.05) is 22.7 Å². The molecule has 2 aromatic heterocycles. The lowest BCUT2D eigenvalue weighted by molar-refractivity contribution is 0.0790. The Morgan fingerprint density at radius 2 is 2.00 bits per heavy atom. The molecule has 0 radical (unpaired) electrons. The molecule has 1 aliphatic rings. The second-order valence-corrected chi connectivity index (χ2v) is 7.26. The van der Waals surface area contributed by atoms with Crippen molar-refractivity contribution >= 4 is 41.0 Å². The molecule has 0 saturated heterocycles. The maximum atomic E-state index is 13.1. The summed E-state index contributed by atoms with van der Waals surface area (Å²) < 4.78 is 27.5. The first-order valence-electron chi connectivity index (χ1n) is 8.26. The van der Waals surface area contributed by atoms with Crippen LogP contribution in [-0.4, -0.2) is 43.5 Å².